The van der Waals surface area contributed by atoms with Crippen LogP contribution in [-0.4, -0.2) is 94.4 Å². The zero-order chi connectivity index (χ0) is 39.7. The largest absolute Gasteiger partial charge is 0.490 e. The lowest BCUT2D eigenvalue weighted by Gasteiger charge is -2.48. The van der Waals surface area contributed by atoms with Crippen LogP contribution in [0.3, 0.4) is 0 Å². The van der Waals surface area contributed by atoms with E-state index in [4.69, 9.17) is 21.1 Å². The number of allylic oxidation sites excluding steroid dienone is 1. The molecular weight excluding hydrogens is 736 g/mol. The lowest BCUT2D eigenvalue weighted by Crippen LogP contribution is -2.57. The Bertz CT molecular complexity index is 1850. The number of amides is 1. The van der Waals surface area contributed by atoms with Gasteiger partial charge in [-0.05, 0) is 133 Å². The normalized spacial score (nSPS) is 34.1. The monoisotopic (exact) mass is 796 g/mol. The highest BCUT2D eigenvalue weighted by Crippen LogP contribution is 2.48. The minimum absolute atomic E-state index is 0.0434. The number of hydrogen-bond acceptors (Lipinski definition) is 9. The molecule has 1 saturated carbocycles. The predicted octanol–water partition coefficient (Wildman–Crippen LogP) is 6.54. The van der Waals surface area contributed by atoms with Gasteiger partial charge in [-0.15, -0.1) is 0 Å². The van der Waals surface area contributed by atoms with Crippen LogP contribution in [0.25, 0.3) is 0 Å². The summed E-state index contributed by atoms with van der Waals surface area (Å²) in [5.41, 5.74) is 2.05. The summed E-state index contributed by atoms with van der Waals surface area (Å²) in [6.45, 7) is 16.6. The average Bonchev–Trinajstić information content (AvgIpc) is 3.28. The molecule has 55 heavy (non-hydrogen) atoms. The fourth-order valence-electron chi connectivity index (χ4n) is 9.85. The molecule has 2 bridgehead atoms. The van der Waals surface area contributed by atoms with Crippen molar-refractivity contribution in [1.29, 1.82) is 0 Å². The fraction of sp³-hybridized carbons (Fsp3) is 0.628. The summed E-state index contributed by atoms with van der Waals surface area (Å²) in [7, 11) is -2.41. The summed E-state index contributed by atoms with van der Waals surface area (Å²) in [6.07, 6.45) is 9.65. The molecular formula is C43H61ClN4O6S. The molecule has 302 valence electrons. The maximum atomic E-state index is 13.4. The Balaban J connectivity index is 0.000000403. The number of aldehydes is 1. The molecule has 0 radical (unpaired) electrons. The average molecular weight is 798 g/mol. The molecule has 5 aliphatic rings. The van der Waals surface area contributed by atoms with Gasteiger partial charge in [0.25, 0.3) is 5.91 Å². The van der Waals surface area contributed by atoms with Crippen molar-refractivity contribution in [3.05, 3.63) is 70.3 Å². The van der Waals surface area contributed by atoms with Crippen LogP contribution in [-0.2, 0) is 31.4 Å². The van der Waals surface area contributed by atoms with Gasteiger partial charge in [-0.3, -0.25) is 14.5 Å². The number of rotatable bonds is 3. The van der Waals surface area contributed by atoms with E-state index >= 15 is 0 Å². The first-order valence-electron chi connectivity index (χ1n) is 20.2. The second kappa shape index (κ2) is 16.9. The van der Waals surface area contributed by atoms with Crippen LogP contribution >= 0.6 is 11.6 Å². The molecule has 10 nitrogen and oxygen atoms in total. The van der Waals surface area contributed by atoms with E-state index < -0.39 is 26.8 Å². The number of ether oxygens (including phenoxy) is 2. The molecule has 1 saturated heterocycles. The maximum Gasteiger partial charge on any atom is 0.264 e. The molecule has 2 aromatic carbocycles. The molecule has 2 aliphatic carbocycles. The van der Waals surface area contributed by atoms with E-state index in [1.165, 1.54) is 11.1 Å². The number of nitrogens with zero attached hydrogens (tertiary/aromatic N) is 2. The van der Waals surface area contributed by atoms with Gasteiger partial charge in [0.1, 0.15) is 11.4 Å². The van der Waals surface area contributed by atoms with Gasteiger partial charge in [0.05, 0.1) is 17.5 Å². The zero-order valence-corrected chi connectivity index (χ0v) is 35.2. The van der Waals surface area contributed by atoms with Crippen LogP contribution in [0.4, 0.5) is 5.69 Å². The van der Waals surface area contributed by atoms with Gasteiger partial charge in [0, 0.05) is 73.3 Å². The summed E-state index contributed by atoms with van der Waals surface area (Å²) < 4.78 is 41.3. The second-order valence-corrected chi connectivity index (χ2v) is 19.6. The van der Waals surface area contributed by atoms with Gasteiger partial charge in [-0.1, -0.05) is 30.7 Å². The number of sulfonamides is 1. The second-order valence-electron chi connectivity index (χ2n) is 17.1. The number of hydrogen-bond donors (Lipinski definition) is 2. The molecule has 2 aromatic rings. The van der Waals surface area contributed by atoms with E-state index in [0.717, 1.165) is 57.2 Å². The van der Waals surface area contributed by atoms with Crippen molar-refractivity contribution in [2.75, 3.05) is 44.8 Å². The SMILES string of the molecule is CC(C)N1[C@H](C)CNC[C@H]1C.CO[C@]1(C=O)/C=C/C[C@H](C)[C@@H](C)S(=O)(=O)NC(=O)c2ccc3c(c2)N(C[C@@H]2CC[C@H]21)C[C@@]1(CCCc2cc(Cl)ccc21)CO3. The van der Waals surface area contributed by atoms with Gasteiger partial charge in [0.2, 0.25) is 10.0 Å². The third kappa shape index (κ3) is 8.52. The van der Waals surface area contributed by atoms with Gasteiger partial charge in [0.15, 0.2) is 6.29 Å². The van der Waals surface area contributed by atoms with Crippen molar-refractivity contribution < 1.29 is 27.5 Å². The number of piperazine rings is 1. The summed E-state index contributed by atoms with van der Waals surface area (Å²) in [6, 6.07) is 13.3. The highest BCUT2D eigenvalue weighted by atomic mass is 35.5. The Morgan fingerprint density at radius 2 is 1.80 bits per heavy atom. The highest BCUT2D eigenvalue weighted by molar-refractivity contribution is 7.90. The molecule has 3 aliphatic heterocycles. The molecule has 3 heterocycles. The Kier molecular flexibility index (Phi) is 12.8. The van der Waals surface area contributed by atoms with Gasteiger partial charge >= 0.3 is 0 Å². The molecule has 2 N–H and O–H groups in total. The van der Waals surface area contributed by atoms with Crippen LogP contribution in [0.1, 0.15) is 95.1 Å². The van der Waals surface area contributed by atoms with E-state index in [0.29, 0.717) is 55.0 Å². The summed E-state index contributed by atoms with van der Waals surface area (Å²) in [5, 5.41) is 3.30. The lowest BCUT2D eigenvalue weighted by atomic mass is 9.64. The van der Waals surface area contributed by atoms with Crippen molar-refractivity contribution in [2.24, 2.45) is 17.8 Å². The Labute approximate surface area is 333 Å². The number of methoxy groups -OCH3 is 1. The first-order valence-corrected chi connectivity index (χ1v) is 22.1. The Morgan fingerprint density at radius 3 is 2.44 bits per heavy atom. The molecule has 12 heteroatoms. The first kappa shape index (κ1) is 41.7. The molecule has 1 spiro atoms. The number of benzene rings is 2. The van der Waals surface area contributed by atoms with Gasteiger partial charge < -0.3 is 19.7 Å². The van der Waals surface area contributed by atoms with E-state index in [9.17, 15) is 18.0 Å². The van der Waals surface area contributed by atoms with Crippen LogP contribution in [0, 0.1) is 17.8 Å². The number of aryl methyl sites for hydroxylation is 1. The molecule has 8 atom stereocenters. The van der Waals surface area contributed by atoms with Crippen molar-refractivity contribution in [2.45, 2.75) is 114 Å². The first-order chi connectivity index (χ1) is 26.1. The van der Waals surface area contributed by atoms with Crippen LogP contribution < -0.4 is 19.7 Å². The Morgan fingerprint density at radius 1 is 1.05 bits per heavy atom. The number of carbonyl (C=O) groups excluding carboxylic acids is 2. The molecule has 2 fully saturated rings. The van der Waals surface area contributed by atoms with Crippen molar-refractivity contribution in [3.8, 4) is 5.75 Å². The summed E-state index contributed by atoms with van der Waals surface area (Å²) in [4.78, 5) is 31.0. The van der Waals surface area contributed by atoms with Crippen LogP contribution in [0.5, 0.6) is 5.75 Å². The topological polar surface area (TPSA) is 117 Å². The van der Waals surface area contributed by atoms with E-state index in [1.54, 1.807) is 32.2 Å². The minimum atomic E-state index is -3.97. The maximum absolute atomic E-state index is 13.4. The Hall–Kier alpha value is -2.96. The van der Waals surface area contributed by atoms with Crippen LogP contribution in [0.15, 0.2) is 48.6 Å². The third-order valence-electron chi connectivity index (χ3n) is 13.2. The number of fused-ring (bicyclic) bond motifs is 4. The molecule has 0 aromatic heterocycles. The number of carbonyl (C=O) groups is 2. The van der Waals surface area contributed by atoms with E-state index in [1.807, 2.05) is 25.1 Å². The number of nitrogens with one attached hydrogen (secondary N) is 2. The van der Waals surface area contributed by atoms with Crippen molar-refractivity contribution in [1.82, 2.24) is 14.9 Å². The predicted molar refractivity (Wildman–Crippen MR) is 220 cm³/mol. The summed E-state index contributed by atoms with van der Waals surface area (Å²) >= 11 is 6.40. The smallest absolute Gasteiger partial charge is 0.264 e. The van der Waals surface area contributed by atoms with Crippen molar-refractivity contribution in [3.63, 3.8) is 0 Å². The standard InChI is InChI=1S/C34H41ClN2O6S.C9H20N2/c1-22-6-4-15-34(20-38,42-3)29-11-8-26(29)18-37-19-33(14-5-7-24-16-27(35)10-12-28(24)33)21-43-31-13-9-25(17-30(31)37)32(39)36-44(40,41)23(22)2;1-7(2)11-8(3)5-10-6-9(11)4/h4,9-10,12-13,15-17,20,22-23,26,29H,5-8,11,14,18-19,21H2,1-3H3,(H,36,39);7-10H,5-6H2,1-4H3/b15-4+;/t22-,23+,26-,29+,33-,34-;8-,9-/m01/s1. The fourth-order valence-corrected chi connectivity index (χ4v) is 11.3. The molecule has 7 rings (SSSR count). The van der Waals surface area contributed by atoms with E-state index in [-0.39, 0.29) is 28.7 Å². The van der Waals surface area contributed by atoms with Gasteiger partial charge in [-0.25, -0.2) is 13.1 Å². The highest BCUT2D eigenvalue weighted by Gasteiger charge is 2.49. The van der Waals surface area contributed by atoms with Crippen molar-refractivity contribution >= 4 is 39.5 Å². The zero-order valence-electron chi connectivity index (χ0n) is 33.6. The van der Waals surface area contributed by atoms with Gasteiger partial charge in [-0.2, -0.15) is 0 Å². The molecule has 1 amide bonds. The number of anilines is 1. The third-order valence-corrected chi connectivity index (χ3v) is 15.3. The minimum Gasteiger partial charge on any atom is -0.490 e. The summed E-state index contributed by atoms with van der Waals surface area (Å²) in [5.74, 6) is -0.203. The molecule has 0 unspecified atom stereocenters. The number of halogens is 1. The quantitative estimate of drug-likeness (QED) is 0.264. The van der Waals surface area contributed by atoms with E-state index in [2.05, 4.69) is 59.7 Å². The van der Waals surface area contributed by atoms with Crippen LogP contribution in [0.2, 0.25) is 5.02 Å². The lowest BCUT2D eigenvalue weighted by molar-refractivity contribution is -0.135.